The Morgan fingerprint density at radius 2 is 2.33 bits per heavy atom. The number of aryl methyl sites for hydroxylation is 2. The summed E-state index contributed by atoms with van der Waals surface area (Å²) in [4.78, 5) is 16.3. The molecule has 100 valence electrons. The number of rotatable bonds is 4. The third-order valence-electron chi connectivity index (χ3n) is 3.42. The van der Waals surface area contributed by atoms with E-state index in [-0.39, 0.29) is 12.0 Å². The molecule has 1 aromatic heterocycles. The first kappa shape index (κ1) is 13.6. The van der Waals surface area contributed by atoms with Gasteiger partial charge < -0.3 is 10.0 Å². The highest BCUT2D eigenvalue weighted by Crippen LogP contribution is 2.26. The van der Waals surface area contributed by atoms with Crippen molar-refractivity contribution in [2.24, 2.45) is 0 Å². The van der Waals surface area contributed by atoms with E-state index in [9.17, 15) is 9.90 Å². The number of aliphatic hydroxyl groups excluding tert-OH is 1. The van der Waals surface area contributed by atoms with Gasteiger partial charge in [-0.2, -0.15) is 0 Å². The van der Waals surface area contributed by atoms with Crippen molar-refractivity contribution >= 4 is 17.2 Å². The fourth-order valence-corrected chi connectivity index (χ4v) is 3.72. The van der Waals surface area contributed by atoms with E-state index in [1.54, 1.807) is 16.2 Å². The van der Waals surface area contributed by atoms with Crippen LogP contribution in [0.1, 0.15) is 46.8 Å². The van der Waals surface area contributed by atoms with Crippen LogP contribution in [0.2, 0.25) is 0 Å². The molecule has 2 heterocycles. The molecule has 1 aliphatic rings. The van der Waals surface area contributed by atoms with Gasteiger partial charge in [-0.05, 0) is 30.9 Å². The van der Waals surface area contributed by atoms with Gasteiger partial charge in [0.15, 0.2) is 0 Å². The van der Waals surface area contributed by atoms with Crippen molar-refractivity contribution in [1.82, 2.24) is 4.90 Å². The van der Waals surface area contributed by atoms with E-state index in [1.165, 1.54) is 10.4 Å². The third-order valence-corrected chi connectivity index (χ3v) is 4.64. The van der Waals surface area contributed by atoms with Crippen LogP contribution in [0, 0.1) is 0 Å². The van der Waals surface area contributed by atoms with Crippen molar-refractivity contribution in [3.63, 3.8) is 0 Å². The molecule has 2 rings (SSSR count). The van der Waals surface area contributed by atoms with E-state index in [4.69, 9.17) is 0 Å². The maximum Gasteiger partial charge on any atom is 0.264 e. The molecule has 1 saturated heterocycles. The lowest BCUT2D eigenvalue weighted by atomic mass is 10.1. The minimum Gasteiger partial charge on any atom is -0.391 e. The second-order valence-electron chi connectivity index (χ2n) is 4.86. The van der Waals surface area contributed by atoms with Gasteiger partial charge in [0, 0.05) is 18.0 Å². The average Bonchev–Trinajstić information content (AvgIpc) is 2.95. The SMILES string of the molecule is CCCc1sc(C(=O)N2CC[C@@H](O)C2)cc1CC. The van der Waals surface area contributed by atoms with Crippen LogP contribution in [0.15, 0.2) is 6.07 Å². The molecule has 1 amide bonds. The largest absolute Gasteiger partial charge is 0.391 e. The monoisotopic (exact) mass is 267 g/mol. The number of carbonyl (C=O) groups is 1. The minimum atomic E-state index is -0.338. The maximum absolute atomic E-state index is 12.3. The van der Waals surface area contributed by atoms with Gasteiger partial charge in [0.05, 0.1) is 11.0 Å². The Kier molecular flexibility index (Phi) is 4.40. The van der Waals surface area contributed by atoms with Crippen molar-refractivity contribution in [3.05, 3.63) is 21.4 Å². The second-order valence-corrected chi connectivity index (χ2v) is 5.99. The molecule has 0 radical (unpaired) electrons. The predicted molar refractivity (Wildman–Crippen MR) is 74.2 cm³/mol. The summed E-state index contributed by atoms with van der Waals surface area (Å²) >= 11 is 1.63. The smallest absolute Gasteiger partial charge is 0.264 e. The quantitative estimate of drug-likeness (QED) is 0.910. The van der Waals surface area contributed by atoms with Crippen LogP contribution in [0.4, 0.5) is 0 Å². The predicted octanol–water partition coefficient (Wildman–Crippen LogP) is 2.47. The van der Waals surface area contributed by atoms with Gasteiger partial charge in [0.2, 0.25) is 0 Å². The normalized spacial score (nSPS) is 19.5. The summed E-state index contributed by atoms with van der Waals surface area (Å²) in [6.07, 6.45) is 3.53. The summed E-state index contributed by atoms with van der Waals surface area (Å²) in [7, 11) is 0. The Morgan fingerprint density at radius 1 is 1.56 bits per heavy atom. The lowest BCUT2D eigenvalue weighted by Crippen LogP contribution is -2.28. The van der Waals surface area contributed by atoms with Gasteiger partial charge >= 0.3 is 0 Å². The average molecular weight is 267 g/mol. The third kappa shape index (κ3) is 2.75. The number of aliphatic hydroxyl groups is 1. The highest BCUT2D eigenvalue weighted by atomic mass is 32.1. The fraction of sp³-hybridized carbons (Fsp3) is 0.643. The van der Waals surface area contributed by atoms with Gasteiger partial charge in [0.1, 0.15) is 0 Å². The van der Waals surface area contributed by atoms with E-state index in [2.05, 4.69) is 13.8 Å². The van der Waals surface area contributed by atoms with Crippen LogP contribution in [0.3, 0.4) is 0 Å². The summed E-state index contributed by atoms with van der Waals surface area (Å²) in [6.45, 7) is 5.47. The number of likely N-dealkylation sites (tertiary alicyclic amines) is 1. The first-order chi connectivity index (χ1) is 8.65. The fourth-order valence-electron chi connectivity index (χ4n) is 2.39. The Balaban J connectivity index is 2.15. The molecule has 3 nitrogen and oxygen atoms in total. The molecule has 0 aromatic carbocycles. The molecule has 0 saturated carbocycles. The first-order valence-corrected chi connectivity index (χ1v) is 7.56. The number of carbonyl (C=O) groups excluding carboxylic acids is 1. The van der Waals surface area contributed by atoms with Crippen LogP contribution in [-0.4, -0.2) is 35.1 Å². The Morgan fingerprint density at radius 3 is 2.89 bits per heavy atom. The summed E-state index contributed by atoms with van der Waals surface area (Å²) in [5.74, 6) is 0.0913. The lowest BCUT2D eigenvalue weighted by Gasteiger charge is -2.13. The lowest BCUT2D eigenvalue weighted by molar-refractivity contribution is 0.0769. The topological polar surface area (TPSA) is 40.5 Å². The second kappa shape index (κ2) is 5.85. The number of hydrogen-bond donors (Lipinski definition) is 1. The van der Waals surface area contributed by atoms with Crippen LogP contribution < -0.4 is 0 Å². The van der Waals surface area contributed by atoms with Gasteiger partial charge in [-0.1, -0.05) is 20.3 Å². The first-order valence-electron chi connectivity index (χ1n) is 6.74. The van der Waals surface area contributed by atoms with Crippen LogP contribution in [0.25, 0.3) is 0 Å². The van der Waals surface area contributed by atoms with Gasteiger partial charge in [-0.25, -0.2) is 0 Å². The molecule has 1 atom stereocenters. The zero-order valence-corrected chi connectivity index (χ0v) is 11.9. The standard InChI is InChI=1S/C14H21NO2S/c1-3-5-12-10(4-2)8-13(18-12)14(17)15-7-6-11(16)9-15/h8,11,16H,3-7,9H2,1-2H3/t11-/m1/s1. The van der Waals surface area contributed by atoms with E-state index >= 15 is 0 Å². The summed E-state index contributed by atoms with van der Waals surface area (Å²) in [6, 6.07) is 2.04. The minimum absolute atomic E-state index is 0.0913. The van der Waals surface area contributed by atoms with Gasteiger partial charge in [-0.3, -0.25) is 4.79 Å². The highest BCUT2D eigenvalue weighted by molar-refractivity contribution is 7.14. The molecule has 1 aromatic rings. The van der Waals surface area contributed by atoms with Crippen molar-refractivity contribution < 1.29 is 9.90 Å². The summed E-state index contributed by atoms with van der Waals surface area (Å²) in [5.41, 5.74) is 1.31. The van der Waals surface area contributed by atoms with Crippen molar-refractivity contribution in [3.8, 4) is 0 Å². The van der Waals surface area contributed by atoms with E-state index < -0.39 is 0 Å². The molecule has 0 aliphatic carbocycles. The molecule has 1 aliphatic heterocycles. The van der Waals surface area contributed by atoms with Crippen LogP contribution in [-0.2, 0) is 12.8 Å². The Labute approximate surface area is 112 Å². The number of hydrogen-bond acceptors (Lipinski definition) is 3. The summed E-state index contributed by atoms with van der Waals surface area (Å²) < 4.78 is 0. The highest BCUT2D eigenvalue weighted by Gasteiger charge is 2.26. The molecule has 0 bridgehead atoms. The number of amides is 1. The Hall–Kier alpha value is -0.870. The maximum atomic E-state index is 12.3. The Bertz CT molecular complexity index is 427. The number of thiophene rings is 1. The molecule has 18 heavy (non-hydrogen) atoms. The zero-order valence-electron chi connectivity index (χ0n) is 11.1. The van der Waals surface area contributed by atoms with E-state index in [1.807, 2.05) is 6.07 Å². The zero-order chi connectivity index (χ0) is 13.1. The summed E-state index contributed by atoms with van der Waals surface area (Å²) in [5, 5.41) is 9.50. The molecular weight excluding hydrogens is 246 g/mol. The molecular formula is C14H21NO2S. The molecule has 1 N–H and O–H groups in total. The molecule has 0 unspecified atom stereocenters. The van der Waals surface area contributed by atoms with Crippen molar-refractivity contribution in [2.75, 3.05) is 13.1 Å². The molecule has 1 fully saturated rings. The van der Waals surface area contributed by atoms with Crippen molar-refractivity contribution in [1.29, 1.82) is 0 Å². The number of β-amino-alcohol motifs (C(OH)–C–C–N with tert-alkyl or cyclic N) is 1. The van der Waals surface area contributed by atoms with E-state index in [0.717, 1.165) is 24.1 Å². The van der Waals surface area contributed by atoms with E-state index in [0.29, 0.717) is 19.5 Å². The molecule has 4 heteroatoms. The molecule has 0 spiro atoms. The van der Waals surface area contributed by atoms with Crippen LogP contribution >= 0.6 is 11.3 Å². The van der Waals surface area contributed by atoms with Crippen LogP contribution in [0.5, 0.6) is 0 Å². The van der Waals surface area contributed by atoms with Crippen molar-refractivity contribution in [2.45, 2.75) is 45.6 Å². The van der Waals surface area contributed by atoms with Gasteiger partial charge in [0.25, 0.3) is 5.91 Å². The van der Waals surface area contributed by atoms with Gasteiger partial charge in [-0.15, -0.1) is 11.3 Å². The number of nitrogens with zero attached hydrogens (tertiary/aromatic N) is 1.